The van der Waals surface area contributed by atoms with Crippen LogP contribution in [0.1, 0.15) is 18.9 Å². The first-order chi connectivity index (χ1) is 12.9. The third kappa shape index (κ3) is 7.89. The van der Waals surface area contributed by atoms with Crippen LogP contribution in [0, 0.1) is 0 Å². The largest absolute Gasteiger partial charge is 0.480 e. The summed E-state index contributed by atoms with van der Waals surface area (Å²) < 4.78 is 10.2. The van der Waals surface area contributed by atoms with Crippen molar-refractivity contribution < 1.29 is 19.1 Å². The first-order valence-corrected chi connectivity index (χ1v) is 9.26. The molecule has 0 aliphatic rings. The van der Waals surface area contributed by atoms with Gasteiger partial charge in [0, 0.05) is 11.1 Å². The predicted molar refractivity (Wildman–Crippen MR) is 105 cm³/mol. The number of hydrogen-bond donors (Lipinski definition) is 1. The van der Waals surface area contributed by atoms with Crippen LogP contribution < -0.4 is 10.1 Å². The highest BCUT2D eigenvalue weighted by Crippen LogP contribution is 2.27. The van der Waals surface area contributed by atoms with Gasteiger partial charge in [-0.25, -0.2) is 4.79 Å². The van der Waals surface area contributed by atoms with Gasteiger partial charge in [-0.2, -0.15) is 0 Å². The van der Waals surface area contributed by atoms with Crippen molar-refractivity contribution in [2.75, 3.05) is 13.2 Å². The lowest BCUT2D eigenvalue weighted by Crippen LogP contribution is -2.36. The van der Waals surface area contributed by atoms with Crippen LogP contribution in [0.25, 0.3) is 0 Å². The smallest absolute Gasteiger partial charge is 0.344 e. The Morgan fingerprint density at radius 1 is 1.07 bits per heavy atom. The van der Waals surface area contributed by atoms with E-state index in [1.807, 2.05) is 37.3 Å². The van der Waals surface area contributed by atoms with E-state index in [1.54, 1.807) is 12.1 Å². The molecule has 0 saturated heterocycles. The number of esters is 1. The lowest BCUT2D eigenvalue weighted by Gasteiger charge is -2.14. The van der Waals surface area contributed by atoms with E-state index in [0.717, 1.165) is 12.8 Å². The molecule has 7 heteroatoms. The Labute approximate surface area is 168 Å². The van der Waals surface area contributed by atoms with Crippen molar-refractivity contribution in [2.24, 2.45) is 0 Å². The fraction of sp³-hybridized carbons (Fsp3) is 0.300. The van der Waals surface area contributed by atoms with E-state index >= 15 is 0 Å². The second kappa shape index (κ2) is 10.8. The first kappa shape index (κ1) is 21.1. The summed E-state index contributed by atoms with van der Waals surface area (Å²) in [6.07, 6.45) is 1.65. The fourth-order valence-corrected chi connectivity index (χ4v) is 2.80. The molecule has 0 radical (unpaired) electrons. The normalized spacial score (nSPS) is 11.5. The molecule has 0 unspecified atom stereocenters. The molecular formula is C20H21Cl2NO4. The standard InChI is InChI=1S/C20H21Cl2NO4/c1-14(7-8-15-5-3-2-4-6-15)23-19(24)12-27-20(25)13-26-18-10-9-16(21)11-17(18)22/h2-6,9-11,14H,7-8,12-13H2,1H3,(H,23,24)/t14-/m0/s1. The second-order valence-corrected chi connectivity index (χ2v) is 6.86. The number of hydrogen-bond acceptors (Lipinski definition) is 4. The summed E-state index contributed by atoms with van der Waals surface area (Å²) in [6, 6.07) is 14.7. The number of nitrogens with one attached hydrogen (secondary N) is 1. The van der Waals surface area contributed by atoms with Crippen LogP contribution in [0.15, 0.2) is 48.5 Å². The Kier molecular flexibility index (Phi) is 8.43. The van der Waals surface area contributed by atoms with Gasteiger partial charge in [-0.1, -0.05) is 53.5 Å². The maximum atomic E-state index is 11.9. The minimum atomic E-state index is -0.659. The van der Waals surface area contributed by atoms with Crippen molar-refractivity contribution in [1.29, 1.82) is 0 Å². The summed E-state index contributed by atoms with van der Waals surface area (Å²) in [5.74, 6) is -0.696. The summed E-state index contributed by atoms with van der Waals surface area (Å²) in [5, 5.41) is 3.56. The zero-order chi connectivity index (χ0) is 19.6. The number of aryl methyl sites for hydroxylation is 1. The number of benzene rings is 2. The maximum Gasteiger partial charge on any atom is 0.344 e. The van der Waals surface area contributed by atoms with E-state index in [2.05, 4.69) is 5.32 Å². The molecule has 0 aliphatic carbocycles. The van der Waals surface area contributed by atoms with E-state index in [9.17, 15) is 9.59 Å². The first-order valence-electron chi connectivity index (χ1n) is 8.51. The van der Waals surface area contributed by atoms with Gasteiger partial charge in [-0.15, -0.1) is 0 Å². The number of amides is 1. The molecule has 0 bridgehead atoms. The van der Waals surface area contributed by atoms with Crippen molar-refractivity contribution in [1.82, 2.24) is 5.32 Å². The molecule has 27 heavy (non-hydrogen) atoms. The number of ether oxygens (including phenoxy) is 2. The quantitative estimate of drug-likeness (QED) is 0.634. The number of rotatable bonds is 9. The molecule has 1 N–H and O–H groups in total. The maximum absolute atomic E-state index is 11.9. The van der Waals surface area contributed by atoms with Crippen LogP contribution in [-0.2, 0) is 20.7 Å². The molecule has 2 rings (SSSR count). The minimum Gasteiger partial charge on any atom is -0.480 e. The molecular weight excluding hydrogens is 389 g/mol. The lowest BCUT2D eigenvalue weighted by atomic mass is 10.1. The second-order valence-electron chi connectivity index (χ2n) is 6.02. The number of carbonyl (C=O) groups excluding carboxylic acids is 2. The summed E-state index contributed by atoms with van der Waals surface area (Å²) in [7, 11) is 0. The molecule has 2 aromatic carbocycles. The predicted octanol–water partition coefficient (Wildman–Crippen LogP) is 4.05. The lowest BCUT2D eigenvalue weighted by molar-refractivity contribution is -0.150. The monoisotopic (exact) mass is 409 g/mol. The van der Waals surface area contributed by atoms with Crippen LogP contribution in [0.2, 0.25) is 10.0 Å². The van der Waals surface area contributed by atoms with Gasteiger partial charge in [-0.3, -0.25) is 4.79 Å². The van der Waals surface area contributed by atoms with Gasteiger partial charge < -0.3 is 14.8 Å². The van der Waals surface area contributed by atoms with Crippen LogP contribution in [0.4, 0.5) is 0 Å². The molecule has 0 fully saturated rings. The van der Waals surface area contributed by atoms with E-state index in [-0.39, 0.29) is 25.2 Å². The van der Waals surface area contributed by atoms with Gasteiger partial charge >= 0.3 is 5.97 Å². The highest BCUT2D eigenvalue weighted by Gasteiger charge is 2.12. The molecule has 1 atom stereocenters. The zero-order valence-corrected chi connectivity index (χ0v) is 16.4. The van der Waals surface area contributed by atoms with E-state index in [1.165, 1.54) is 11.6 Å². The highest BCUT2D eigenvalue weighted by atomic mass is 35.5. The van der Waals surface area contributed by atoms with Crippen LogP contribution in [0.3, 0.4) is 0 Å². The fourth-order valence-electron chi connectivity index (χ4n) is 2.33. The number of carbonyl (C=O) groups is 2. The SMILES string of the molecule is C[C@@H](CCc1ccccc1)NC(=O)COC(=O)COc1ccc(Cl)cc1Cl. The molecule has 144 valence electrons. The van der Waals surface area contributed by atoms with Gasteiger partial charge in [0.1, 0.15) is 5.75 Å². The van der Waals surface area contributed by atoms with Crippen LogP contribution >= 0.6 is 23.2 Å². The topological polar surface area (TPSA) is 64.6 Å². The molecule has 0 aliphatic heterocycles. The average Bonchev–Trinajstić information content (AvgIpc) is 2.65. The molecule has 5 nitrogen and oxygen atoms in total. The summed E-state index contributed by atoms with van der Waals surface area (Å²) in [5.41, 5.74) is 1.21. The van der Waals surface area contributed by atoms with Crippen molar-refractivity contribution in [3.8, 4) is 5.75 Å². The third-order valence-corrected chi connectivity index (χ3v) is 4.25. The molecule has 0 saturated carbocycles. The Morgan fingerprint density at radius 3 is 2.52 bits per heavy atom. The van der Waals surface area contributed by atoms with Gasteiger partial charge in [0.25, 0.3) is 5.91 Å². The molecule has 1 amide bonds. The van der Waals surface area contributed by atoms with E-state index < -0.39 is 5.97 Å². The van der Waals surface area contributed by atoms with Crippen molar-refractivity contribution in [3.63, 3.8) is 0 Å². The molecule has 2 aromatic rings. The van der Waals surface area contributed by atoms with E-state index in [0.29, 0.717) is 15.8 Å². The van der Waals surface area contributed by atoms with Crippen LogP contribution in [0.5, 0.6) is 5.75 Å². The van der Waals surface area contributed by atoms with Gasteiger partial charge in [0.05, 0.1) is 5.02 Å². The third-order valence-electron chi connectivity index (χ3n) is 3.72. The summed E-state index contributed by atoms with van der Waals surface area (Å²) in [6.45, 7) is 1.21. The Bertz CT molecular complexity index is 768. The molecule has 0 heterocycles. The number of halogens is 2. The van der Waals surface area contributed by atoms with Gasteiger partial charge in [0.15, 0.2) is 13.2 Å². The van der Waals surface area contributed by atoms with Gasteiger partial charge in [0.2, 0.25) is 0 Å². The average molecular weight is 410 g/mol. The molecule has 0 aromatic heterocycles. The molecule has 0 spiro atoms. The Morgan fingerprint density at radius 2 is 1.81 bits per heavy atom. The minimum absolute atomic E-state index is 0.0273. The Hall–Kier alpha value is -2.24. The van der Waals surface area contributed by atoms with Crippen molar-refractivity contribution in [3.05, 3.63) is 64.1 Å². The highest BCUT2D eigenvalue weighted by molar-refractivity contribution is 6.35. The van der Waals surface area contributed by atoms with Crippen LogP contribution in [-0.4, -0.2) is 31.1 Å². The summed E-state index contributed by atoms with van der Waals surface area (Å²) >= 11 is 11.7. The van der Waals surface area contributed by atoms with E-state index in [4.69, 9.17) is 32.7 Å². The Balaban J connectivity index is 1.64. The van der Waals surface area contributed by atoms with Crippen molar-refractivity contribution >= 4 is 35.1 Å². The zero-order valence-electron chi connectivity index (χ0n) is 14.9. The summed E-state index contributed by atoms with van der Waals surface area (Å²) in [4.78, 5) is 23.6. The van der Waals surface area contributed by atoms with Gasteiger partial charge in [-0.05, 0) is 43.5 Å². The van der Waals surface area contributed by atoms with Crippen molar-refractivity contribution in [2.45, 2.75) is 25.8 Å².